The van der Waals surface area contributed by atoms with Gasteiger partial charge in [-0.3, -0.25) is 4.79 Å². The van der Waals surface area contributed by atoms with Gasteiger partial charge < -0.3 is 9.47 Å². The Kier molecular flexibility index (Phi) is 6.68. The summed E-state index contributed by atoms with van der Waals surface area (Å²) < 4.78 is 2.08. The average Bonchev–Trinajstić information content (AvgIpc) is 3.33. The van der Waals surface area contributed by atoms with Gasteiger partial charge in [-0.2, -0.15) is 0 Å². The summed E-state index contributed by atoms with van der Waals surface area (Å²) in [5.74, 6) is 1.35. The minimum atomic E-state index is 0.124. The highest BCUT2D eigenvalue weighted by atomic mass is 32.2. The fourth-order valence-corrected chi connectivity index (χ4v) is 4.51. The number of carbonyl (C=O) groups is 1. The Morgan fingerprint density at radius 3 is 2.67 bits per heavy atom. The van der Waals surface area contributed by atoms with Crippen LogP contribution >= 0.6 is 23.1 Å². The molecule has 0 atom stereocenters. The smallest absolute Gasteiger partial charge is 0.233 e. The molecule has 0 N–H and O–H groups in total. The first kappa shape index (κ1) is 19.6. The van der Waals surface area contributed by atoms with Gasteiger partial charge in [0, 0.05) is 23.5 Å². The third-order valence-electron chi connectivity index (χ3n) is 4.41. The SMILES string of the molecule is CCN(Cc1cccs1)C(=O)CSc1nnc(-c2ccccc2C)n1CC. The Morgan fingerprint density at radius 2 is 2.00 bits per heavy atom. The van der Waals surface area contributed by atoms with Crippen LogP contribution in [0.15, 0.2) is 46.9 Å². The standard InChI is InChI=1S/C20H24N4OS2/c1-4-23(13-16-10-8-12-26-16)18(25)14-27-20-22-21-19(24(20)5-2)17-11-7-6-9-15(17)3/h6-12H,4-5,13-14H2,1-3H3. The van der Waals surface area contributed by atoms with Crippen LogP contribution in [-0.4, -0.2) is 37.9 Å². The van der Waals surface area contributed by atoms with Crippen molar-refractivity contribution in [2.24, 2.45) is 0 Å². The van der Waals surface area contributed by atoms with Crippen molar-refractivity contribution < 1.29 is 4.79 Å². The lowest BCUT2D eigenvalue weighted by molar-refractivity contribution is -0.128. The van der Waals surface area contributed by atoms with Crippen molar-refractivity contribution in [2.75, 3.05) is 12.3 Å². The molecule has 0 saturated heterocycles. The van der Waals surface area contributed by atoms with Crippen LogP contribution in [0.1, 0.15) is 24.3 Å². The number of nitrogens with zero attached hydrogens (tertiary/aromatic N) is 4. The molecule has 1 aromatic carbocycles. The molecule has 27 heavy (non-hydrogen) atoms. The molecule has 0 fully saturated rings. The summed E-state index contributed by atoms with van der Waals surface area (Å²) in [6.45, 7) is 8.30. The van der Waals surface area contributed by atoms with E-state index in [-0.39, 0.29) is 5.91 Å². The number of hydrogen-bond donors (Lipinski definition) is 0. The van der Waals surface area contributed by atoms with Gasteiger partial charge in [0.25, 0.3) is 0 Å². The fourth-order valence-electron chi connectivity index (χ4n) is 2.89. The number of aryl methyl sites for hydroxylation is 1. The van der Waals surface area contributed by atoms with Crippen LogP contribution in [0.25, 0.3) is 11.4 Å². The Balaban J connectivity index is 1.70. The van der Waals surface area contributed by atoms with E-state index in [4.69, 9.17) is 0 Å². The summed E-state index contributed by atoms with van der Waals surface area (Å²) in [6.07, 6.45) is 0. The van der Waals surface area contributed by atoms with Gasteiger partial charge in [0.15, 0.2) is 11.0 Å². The van der Waals surface area contributed by atoms with Gasteiger partial charge >= 0.3 is 0 Å². The van der Waals surface area contributed by atoms with Gasteiger partial charge in [0.1, 0.15) is 0 Å². The molecule has 0 aliphatic heterocycles. The molecule has 142 valence electrons. The minimum absolute atomic E-state index is 0.124. The maximum atomic E-state index is 12.7. The van der Waals surface area contributed by atoms with Crippen molar-refractivity contribution in [2.45, 2.75) is 39.0 Å². The number of benzene rings is 1. The lowest BCUT2D eigenvalue weighted by atomic mass is 10.1. The maximum Gasteiger partial charge on any atom is 0.233 e. The van der Waals surface area contributed by atoms with Crippen LogP contribution in [0.5, 0.6) is 0 Å². The average molecular weight is 401 g/mol. The zero-order valence-electron chi connectivity index (χ0n) is 15.9. The van der Waals surface area contributed by atoms with E-state index in [1.807, 2.05) is 35.4 Å². The highest BCUT2D eigenvalue weighted by molar-refractivity contribution is 7.99. The zero-order valence-corrected chi connectivity index (χ0v) is 17.5. The third-order valence-corrected chi connectivity index (χ3v) is 6.22. The Bertz CT molecular complexity index is 889. The molecule has 0 bridgehead atoms. The highest BCUT2D eigenvalue weighted by Crippen LogP contribution is 2.26. The molecule has 0 unspecified atom stereocenters. The second kappa shape index (κ2) is 9.19. The molecule has 3 rings (SSSR count). The zero-order chi connectivity index (χ0) is 19.2. The third kappa shape index (κ3) is 4.59. The molecule has 0 spiro atoms. The van der Waals surface area contributed by atoms with Crippen LogP contribution in [0.4, 0.5) is 0 Å². The summed E-state index contributed by atoms with van der Waals surface area (Å²) in [4.78, 5) is 15.7. The van der Waals surface area contributed by atoms with Crippen LogP contribution in [0.3, 0.4) is 0 Å². The quantitative estimate of drug-likeness (QED) is 0.523. The highest BCUT2D eigenvalue weighted by Gasteiger charge is 2.18. The van der Waals surface area contributed by atoms with Gasteiger partial charge in [-0.1, -0.05) is 42.1 Å². The molecule has 0 saturated carbocycles. The molecule has 0 aliphatic carbocycles. The van der Waals surface area contributed by atoms with Crippen molar-refractivity contribution in [3.8, 4) is 11.4 Å². The van der Waals surface area contributed by atoms with Gasteiger partial charge in [-0.15, -0.1) is 21.5 Å². The molecule has 2 heterocycles. The maximum absolute atomic E-state index is 12.7. The van der Waals surface area contributed by atoms with E-state index >= 15 is 0 Å². The molecule has 7 heteroatoms. The van der Waals surface area contributed by atoms with Crippen LogP contribution in [0, 0.1) is 6.92 Å². The van der Waals surface area contributed by atoms with E-state index in [1.165, 1.54) is 22.2 Å². The number of rotatable bonds is 8. The summed E-state index contributed by atoms with van der Waals surface area (Å²) in [5, 5.41) is 11.6. The molecule has 1 amide bonds. The monoisotopic (exact) mass is 400 g/mol. The molecule has 0 radical (unpaired) electrons. The number of carbonyl (C=O) groups excluding carboxylic acids is 1. The first-order valence-electron chi connectivity index (χ1n) is 9.06. The van der Waals surface area contributed by atoms with Crippen molar-refractivity contribution in [1.29, 1.82) is 0 Å². The second-order valence-electron chi connectivity index (χ2n) is 6.14. The van der Waals surface area contributed by atoms with Gasteiger partial charge in [-0.05, 0) is 37.8 Å². The molecule has 5 nitrogen and oxygen atoms in total. The van der Waals surface area contributed by atoms with E-state index in [2.05, 4.69) is 46.8 Å². The first-order chi connectivity index (χ1) is 13.1. The lowest BCUT2D eigenvalue weighted by Gasteiger charge is -2.19. The van der Waals surface area contributed by atoms with Crippen LogP contribution < -0.4 is 0 Å². The Morgan fingerprint density at radius 1 is 1.19 bits per heavy atom. The Labute approximate surface area is 168 Å². The van der Waals surface area contributed by atoms with Crippen molar-refractivity contribution in [3.05, 3.63) is 52.2 Å². The van der Waals surface area contributed by atoms with Crippen molar-refractivity contribution in [1.82, 2.24) is 19.7 Å². The topological polar surface area (TPSA) is 51.0 Å². The van der Waals surface area contributed by atoms with E-state index < -0.39 is 0 Å². The predicted molar refractivity (Wildman–Crippen MR) is 112 cm³/mol. The summed E-state index contributed by atoms with van der Waals surface area (Å²) >= 11 is 3.14. The molecule has 3 aromatic rings. The van der Waals surface area contributed by atoms with Crippen molar-refractivity contribution in [3.63, 3.8) is 0 Å². The van der Waals surface area contributed by atoms with E-state index in [0.29, 0.717) is 18.8 Å². The predicted octanol–water partition coefficient (Wildman–Crippen LogP) is 4.48. The number of hydrogen-bond acceptors (Lipinski definition) is 5. The number of thiophene rings is 1. The van der Waals surface area contributed by atoms with Gasteiger partial charge in [0.05, 0.1) is 12.3 Å². The number of amides is 1. The number of aromatic nitrogens is 3. The van der Waals surface area contributed by atoms with Crippen LogP contribution in [0.2, 0.25) is 0 Å². The van der Waals surface area contributed by atoms with Gasteiger partial charge in [0.2, 0.25) is 5.91 Å². The van der Waals surface area contributed by atoms with E-state index in [9.17, 15) is 4.79 Å². The summed E-state index contributed by atoms with van der Waals surface area (Å²) in [6, 6.07) is 12.2. The first-order valence-corrected chi connectivity index (χ1v) is 10.9. The molecule has 2 aromatic heterocycles. The molecular formula is C20H24N4OS2. The molecular weight excluding hydrogens is 376 g/mol. The largest absolute Gasteiger partial charge is 0.337 e. The Hall–Kier alpha value is -2.12. The van der Waals surface area contributed by atoms with Gasteiger partial charge in [-0.25, -0.2) is 0 Å². The van der Waals surface area contributed by atoms with Crippen molar-refractivity contribution >= 4 is 29.0 Å². The number of thioether (sulfide) groups is 1. The molecule has 0 aliphatic rings. The summed E-state index contributed by atoms with van der Waals surface area (Å²) in [7, 11) is 0. The van der Waals surface area contributed by atoms with E-state index in [0.717, 1.165) is 23.1 Å². The van der Waals surface area contributed by atoms with E-state index in [1.54, 1.807) is 11.3 Å². The lowest BCUT2D eigenvalue weighted by Crippen LogP contribution is -2.31. The van der Waals surface area contributed by atoms with Crippen LogP contribution in [-0.2, 0) is 17.9 Å². The minimum Gasteiger partial charge on any atom is -0.337 e. The second-order valence-corrected chi connectivity index (χ2v) is 8.12. The summed E-state index contributed by atoms with van der Waals surface area (Å²) in [5.41, 5.74) is 2.25. The normalized spacial score (nSPS) is 10.9. The fraction of sp³-hybridized carbons (Fsp3) is 0.350.